The summed E-state index contributed by atoms with van der Waals surface area (Å²) in [5.74, 6) is 1.54. The van der Waals surface area contributed by atoms with Gasteiger partial charge in [-0.2, -0.15) is 0 Å². The first-order chi connectivity index (χ1) is 14.1. The van der Waals surface area contributed by atoms with Crippen LogP contribution in [0.1, 0.15) is 20.9 Å². The van der Waals surface area contributed by atoms with E-state index in [1.165, 1.54) is 11.3 Å². The van der Waals surface area contributed by atoms with Gasteiger partial charge in [-0.1, -0.05) is 24.3 Å². The van der Waals surface area contributed by atoms with Crippen molar-refractivity contribution in [1.82, 2.24) is 15.0 Å². The number of anilines is 1. The second-order valence-corrected chi connectivity index (χ2v) is 7.37. The minimum atomic E-state index is -0.248. The lowest BCUT2D eigenvalue weighted by Crippen LogP contribution is -2.12. The average Bonchev–Trinajstić information content (AvgIpc) is 3.12. The highest BCUT2D eigenvalue weighted by molar-refractivity contribution is 7.17. The second kappa shape index (κ2) is 8.20. The Hall–Kier alpha value is -3.58. The highest BCUT2D eigenvalue weighted by Crippen LogP contribution is 2.31. The molecule has 29 heavy (non-hydrogen) atoms. The van der Waals surface area contributed by atoms with E-state index >= 15 is 0 Å². The number of nitrogens with zero attached hydrogens (tertiary/aromatic N) is 3. The van der Waals surface area contributed by atoms with Crippen LogP contribution in [0, 0.1) is 13.8 Å². The number of thiazole rings is 1. The summed E-state index contributed by atoms with van der Waals surface area (Å²) in [5.41, 5.74) is 2.32. The number of hydrogen-bond donors (Lipinski definition) is 1. The largest absolute Gasteiger partial charge is 0.455 e. The fraction of sp³-hybridized carbons (Fsp3) is 0.0909. The molecule has 0 saturated carbocycles. The van der Waals surface area contributed by atoms with E-state index < -0.39 is 0 Å². The van der Waals surface area contributed by atoms with Crippen molar-refractivity contribution in [3.8, 4) is 22.3 Å². The van der Waals surface area contributed by atoms with E-state index in [1.54, 1.807) is 31.5 Å². The van der Waals surface area contributed by atoms with Crippen molar-refractivity contribution < 1.29 is 9.53 Å². The smallest absolute Gasteiger partial charge is 0.267 e. The maximum absolute atomic E-state index is 12.9. The Labute approximate surface area is 172 Å². The number of para-hydroxylation sites is 2. The minimum absolute atomic E-state index is 0.248. The van der Waals surface area contributed by atoms with Gasteiger partial charge in [0.1, 0.15) is 10.6 Å². The third-order valence-corrected chi connectivity index (χ3v) is 5.26. The molecule has 2 aromatic carbocycles. The maximum Gasteiger partial charge on any atom is 0.267 e. The van der Waals surface area contributed by atoms with Crippen LogP contribution >= 0.6 is 11.3 Å². The molecule has 4 aromatic rings. The summed E-state index contributed by atoms with van der Waals surface area (Å²) in [6.07, 6.45) is 3.30. The predicted octanol–water partition coefficient (Wildman–Crippen LogP) is 5.26. The highest BCUT2D eigenvalue weighted by Gasteiger charge is 2.19. The van der Waals surface area contributed by atoms with Crippen molar-refractivity contribution in [1.29, 1.82) is 0 Å². The first-order valence-corrected chi connectivity index (χ1v) is 9.81. The summed E-state index contributed by atoms with van der Waals surface area (Å²) in [6, 6.07) is 16.8. The third-order valence-electron chi connectivity index (χ3n) is 4.11. The molecule has 0 fully saturated rings. The Bertz CT molecular complexity index is 1160. The summed E-state index contributed by atoms with van der Waals surface area (Å²) in [4.78, 5) is 26.3. The van der Waals surface area contributed by atoms with E-state index in [0.717, 1.165) is 5.56 Å². The lowest BCUT2D eigenvalue weighted by Gasteiger charge is -2.12. The number of aryl methyl sites for hydroxylation is 2. The molecular formula is C22H18N4O2S. The molecular weight excluding hydrogens is 384 g/mol. The molecule has 0 saturated heterocycles. The molecule has 1 N–H and O–H groups in total. The average molecular weight is 402 g/mol. The first kappa shape index (κ1) is 18.8. The normalized spacial score (nSPS) is 10.6. The highest BCUT2D eigenvalue weighted by atomic mass is 32.1. The number of carbonyl (C=O) groups excluding carboxylic acids is 1. The molecule has 0 aliphatic heterocycles. The van der Waals surface area contributed by atoms with E-state index in [0.29, 0.717) is 38.6 Å². The van der Waals surface area contributed by atoms with E-state index in [1.807, 2.05) is 49.4 Å². The lowest BCUT2D eigenvalue weighted by molar-refractivity contribution is 0.102. The van der Waals surface area contributed by atoms with Crippen LogP contribution in [-0.4, -0.2) is 20.9 Å². The summed E-state index contributed by atoms with van der Waals surface area (Å²) in [6.45, 7) is 3.80. The molecule has 7 heteroatoms. The third kappa shape index (κ3) is 4.30. The number of aromatic nitrogens is 3. The molecule has 2 heterocycles. The number of ether oxygens (including phenoxy) is 1. The molecule has 4 rings (SSSR count). The van der Waals surface area contributed by atoms with Gasteiger partial charge in [-0.3, -0.25) is 4.79 Å². The van der Waals surface area contributed by atoms with Gasteiger partial charge in [-0.25, -0.2) is 15.0 Å². The van der Waals surface area contributed by atoms with E-state index in [4.69, 9.17) is 4.74 Å². The van der Waals surface area contributed by atoms with Crippen molar-refractivity contribution in [3.05, 3.63) is 83.1 Å². The number of carbonyl (C=O) groups is 1. The van der Waals surface area contributed by atoms with Crippen molar-refractivity contribution in [3.63, 3.8) is 0 Å². The van der Waals surface area contributed by atoms with E-state index in [9.17, 15) is 4.79 Å². The number of rotatable bonds is 5. The van der Waals surface area contributed by atoms with Gasteiger partial charge in [0.25, 0.3) is 5.91 Å². The van der Waals surface area contributed by atoms with E-state index in [2.05, 4.69) is 20.3 Å². The van der Waals surface area contributed by atoms with Gasteiger partial charge < -0.3 is 10.1 Å². The molecule has 1 amide bonds. The van der Waals surface area contributed by atoms with Crippen LogP contribution in [0.15, 0.2) is 67.0 Å². The van der Waals surface area contributed by atoms with Crippen molar-refractivity contribution in [2.24, 2.45) is 0 Å². The maximum atomic E-state index is 12.9. The second-order valence-electron chi connectivity index (χ2n) is 6.37. The van der Waals surface area contributed by atoms with Crippen LogP contribution in [0.25, 0.3) is 10.8 Å². The SMILES string of the molecule is Cc1cccc(Oc2ccccc2NC(=O)c2sc(-c3ncccn3)nc2C)c1. The quantitative estimate of drug-likeness (QED) is 0.493. The van der Waals surface area contributed by atoms with Crippen LogP contribution in [0.3, 0.4) is 0 Å². The van der Waals surface area contributed by atoms with Gasteiger partial charge >= 0.3 is 0 Å². The van der Waals surface area contributed by atoms with Crippen LogP contribution in [-0.2, 0) is 0 Å². The van der Waals surface area contributed by atoms with Crippen molar-refractivity contribution >= 4 is 22.9 Å². The molecule has 144 valence electrons. The number of nitrogens with one attached hydrogen (secondary N) is 1. The van der Waals surface area contributed by atoms with Gasteiger partial charge in [0.15, 0.2) is 16.6 Å². The molecule has 0 bridgehead atoms. The summed E-state index contributed by atoms with van der Waals surface area (Å²) in [5, 5.41) is 3.54. The van der Waals surface area contributed by atoms with Crippen molar-refractivity contribution in [2.75, 3.05) is 5.32 Å². The standard InChI is InChI=1S/C22H18N4O2S/c1-14-7-5-8-16(13-14)28-18-10-4-3-9-17(18)26-21(27)19-15(2)25-22(29-19)20-23-11-6-12-24-20/h3-13H,1-2H3,(H,26,27). The number of benzene rings is 2. The summed E-state index contributed by atoms with van der Waals surface area (Å²) >= 11 is 1.26. The molecule has 0 spiro atoms. The predicted molar refractivity (Wildman–Crippen MR) is 114 cm³/mol. The Morgan fingerprint density at radius 1 is 1.00 bits per heavy atom. The zero-order valence-electron chi connectivity index (χ0n) is 15.9. The topological polar surface area (TPSA) is 77.0 Å². The Kier molecular flexibility index (Phi) is 5.31. The fourth-order valence-corrected chi connectivity index (χ4v) is 3.67. The Balaban J connectivity index is 1.57. The van der Waals surface area contributed by atoms with Gasteiger partial charge in [0, 0.05) is 12.4 Å². The number of amides is 1. The zero-order chi connectivity index (χ0) is 20.2. The van der Waals surface area contributed by atoms with Gasteiger partial charge in [-0.05, 0) is 49.7 Å². The molecule has 0 aliphatic carbocycles. The van der Waals surface area contributed by atoms with E-state index in [-0.39, 0.29) is 5.91 Å². The van der Waals surface area contributed by atoms with Crippen LogP contribution in [0.5, 0.6) is 11.5 Å². The van der Waals surface area contributed by atoms with Crippen LogP contribution in [0.4, 0.5) is 5.69 Å². The molecule has 0 aliphatic rings. The van der Waals surface area contributed by atoms with Crippen molar-refractivity contribution in [2.45, 2.75) is 13.8 Å². The Morgan fingerprint density at radius 3 is 2.59 bits per heavy atom. The van der Waals surface area contributed by atoms with Crippen LogP contribution < -0.4 is 10.1 Å². The lowest BCUT2D eigenvalue weighted by atomic mass is 10.2. The molecule has 0 unspecified atom stereocenters. The Morgan fingerprint density at radius 2 is 1.79 bits per heavy atom. The summed E-state index contributed by atoms with van der Waals surface area (Å²) < 4.78 is 5.98. The minimum Gasteiger partial charge on any atom is -0.455 e. The molecule has 0 radical (unpaired) electrons. The molecule has 2 aromatic heterocycles. The molecule has 6 nitrogen and oxygen atoms in total. The van der Waals surface area contributed by atoms with Gasteiger partial charge in [-0.15, -0.1) is 11.3 Å². The van der Waals surface area contributed by atoms with Gasteiger partial charge in [0.2, 0.25) is 0 Å². The summed E-state index contributed by atoms with van der Waals surface area (Å²) in [7, 11) is 0. The first-order valence-electron chi connectivity index (χ1n) is 9.00. The monoisotopic (exact) mass is 402 g/mol. The molecule has 0 atom stereocenters. The fourth-order valence-electron chi connectivity index (χ4n) is 2.76. The number of hydrogen-bond acceptors (Lipinski definition) is 6. The zero-order valence-corrected chi connectivity index (χ0v) is 16.7. The van der Waals surface area contributed by atoms with Crippen LogP contribution in [0.2, 0.25) is 0 Å². The van der Waals surface area contributed by atoms with Gasteiger partial charge in [0.05, 0.1) is 11.4 Å².